The van der Waals surface area contributed by atoms with E-state index in [9.17, 15) is 0 Å². The maximum Gasteiger partial charge on any atom is 0.164 e. The van der Waals surface area contributed by atoms with Crippen LogP contribution in [0.15, 0.2) is 168 Å². The molecule has 0 atom stereocenters. The Morgan fingerprint density at radius 3 is 2.13 bits per heavy atom. The summed E-state index contributed by atoms with van der Waals surface area (Å²) in [6, 6.07) is 51.3. The molecule has 0 spiro atoms. The summed E-state index contributed by atoms with van der Waals surface area (Å²) in [6.07, 6.45) is 8.74. The highest BCUT2D eigenvalue weighted by atomic mass is 32.1. The van der Waals surface area contributed by atoms with Crippen molar-refractivity contribution in [3.05, 3.63) is 169 Å². The second kappa shape index (κ2) is 12.5. The minimum absolute atomic E-state index is 0.610. The van der Waals surface area contributed by atoms with E-state index in [-0.39, 0.29) is 0 Å². The van der Waals surface area contributed by atoms with Crippen molar-refractivity contribution < 1.29 is 4.42 Å². The van der Waals surface area contributed by atoms with E-state index >= 15 is 0 Å². The normalized spacial score (nSPS) is 13.1. The monoisotopic (exact) mass is 709 g/mol. The molecule has 0 radical (unpaired) electrons. The first kappa shape index (κ1) is 30.9. The predicted octanol–water partition coefficient (Wildman–Crippen LogP) is 13.7. The maximum absolute atomic E-state index is 6.61. The fourth-order valence-electron chi connectivity index (χ4n) is 7.92. The van der Waals surface area contributed by atoms with Crippen LogP contribution in [0, 0.1) is 0 Å². The second-order valence-corrected chi connectivity index (χ2v) is 14.9. The van der Waals surface area contributed by atoms with Crippen LogP contribution in [-0.4, -0.2) is 15.0 Å². The van der Waals surface area contributed by atoms with Gasteiger partial charge in [0.15, 0.2) is 17.5 Å². The molecule has 5 heteroatoms. The lowest BCUT2D eigenvalue weighted by molar-refractivity contribution is 0.669. The van der Waals surface area contributed by atoms with Crippen LogP contribution in [0.3, 0.4) is 0 Å². The molecule has 54 heavy (non-hydrogen) atoms. The Morgan fingerprint density at radius 2 is 1.24 bits per heavy atom. The molecule has 0 aliphatic heterocycles. The van der Waals surface area contributed by atoms with Gasteiger partial charge in [-0.1, -0.05) is 127 Å². The summed E-state index contributed by atoms with van der Waals surface area (Å²) in [5.74, 6) is 1.88. The molecule has 0 fully saturated rings. The van der Waals surface area contributed by atoms with Gasteiger partial charge in [0.05, 0.1) is 0 Å². The van der Waals surface area contributed by atoms with E-state index in [0.717, 1.165) is 62.4 Å². The van der Waals surface area contributed by atoms with Crippen molar-refractivity contribution in [3.63, 3.8) is 0 Å². The number of nitrogens with zero attached hydrogens (tertiary/aromatic N) is 3. The summed E-state index contributed by atoms with van der Waals surface area (Å²) >= 11 is 1.84. The lowest BCUT2D eigenvalue weighted by Gasteiger charge is -2.12. The number of furan rings is 1. The molecule has 10 aromatic rings. The number of fused-ring (bicyclic) bond motifs is 7. The Kier molecular flexibility index (Phi) is 7.13. The van der Waals surface area contributed by atoms with Gasteiger partial charge in [-0.25, -0.2) is 15.0 Å². The van der Waals surface area contributed by atoms with Crippen molar-refractivity contribution in [1.82, 2.24) is 15.0 Å². The molecule has 0 unspecified atom stereocenters. The second-order valence-electron chi connectivity index (χ2n) is 13.9. The molecule has 7 aromatic carbocycles. The molecule has 1 aliphatic carbocycles. The highest BCUT2D eigenvalue weighted by molar-refractivity contribution is 7.26. The zero-order valence-corrected chi connectivity index (χ0v) is 30.0. The molecule has 1 aliphatic rings. The first-order valence-electron chi connectivity index (χ1n) is 18.3. The van der Waals surface area contributed by atoms with E-state index in [1.54, 1.807) is 0 Å². The van der Waals surface area contributed by atoms with Gasteiger partial charge in [0, 0.05) is 47.6 Å². The zero-order valence-electron chi connectivity index (χ0n) is 29.2. The molecule has 0 saturated heterocycles. The highest BCUT2D eigenvalue weighted by Crippen LogP contribution is 2.42. The number of hydrogen-bond acceptors (Lipinski definition) is 5. The van der Waals surface area contributed by atoms with Crippen LogP contribution in [0.2, 0.25) is 0 Å². The Balaban J connectivity index is 1.07. The molecule has 254 valence electrons. The van der Waals surface area contributed by atoms with Crippen LogP contribution >= 0.6 is 11.3 Å². The van der Waals surface area contributed by atoms with E-state index in [2.05, 4.69) is 121 Å². The summed E-state index contributed by atoms with van der Waals surface area (Å²) in [5.41, 5.74) is 9.38. The van der Waals surface area contributed by atoms with Crippen LogP contribution in [0.4, 0.5) is 0 Å². The lowest BCUT2D eigenvalue weighted by atomic mass is 9.95. The van der Waals surface area contributed by atoms with Gasteiger partial charge in [-0.05, 0) is 82.3 Å². The van der Waals surface area contributed by atoms with Crippen LogP contribution < -0.4 is 0 Å². The topological polar surface area (TPSA) is 51.8 Å². The quantitative estimate of drug-likeness (QED) is 0.178. The van der Waals surface area contributed by atoms with E-state index in [4.69, 9.17) is 19.4 Å². The minimum Gasteiger partial charge on any atom is -0.456 e. The third kappa shape index (κ3) is 5.16. The highest BCUT2D eigenvalue weighted by Gasteiger charge is 2.19. The van der Waals surface area contributed by atoms with Crippen molar-refractivity contribution in [1.29, 1.82) is 0 Å². The fraction of sp³-hybridized carbons (Fsp3) is 0.0408. The molecule has 3 heterocycles. The number of aromatic nitrogens is 3. The minimum atomic E-state index is 0.610. The van der Waals surface area contributed by atoms with Gasteiger partial charge in [-0.3, -0.25) is 0 Å². The van der Waals surface area contributed by atoms with Gasteiger partial charge >= 0.3 is 0 Å². The molecule has 4 nitrogen and oxygen atoms in total. The predicted molar refractivity (Wildman–Crippen MR) is 226 cm³/mol. The Labute approximate surface area is 315 Å². The molecule has 0 N–H and O–H groups in total. The fourth-order valence-corrected chi connectivity index (χ4v) is 9.16. The number of thiophene rings is 1. The maximum atomic E-state index is 6.61. The van der Waals surface area contributed by atoms with E-state index in [1.807, 2.05) is 53.8 Å². The van der Waals surface area contributed by atoms with Crippen molar-refractivity contribution in [3.8, 4) is 45.3 Å². The average molecular weight is 710 g/mol. The Bertz CT molecular complexity index is 3170. The summed E-state index contributed by atoms with van der Waals surface area (Å²) in [4.78, 5) is 15.4. The zero-order chi connectivity index (χ0) is 35.6. The van der Waals surface area contributed by atoms with E-state index in [1.165, 1.54) is 42.3 Å². The molecule has 0 saturated carbocycles. The number of allylic oxidation sites excluding steroid dienone is 4. The third-order valence-electron chi connectivity index (χ3n) is 10.6. The summed E-state index contributed by atoms with van der Waals surface area (Å²) < 4.78 is 9.19. The van der Waals surface area contributed by atoms with Crippen molar-refractivity contribution in [2.24, 2.45) is 0 Å². The number of hydrogen-bond donors (Lipinski definition) is 0. The Hall–Kier alpha value is -6.69. The van der Waals surface area contributed by atoms with Crippen molar-refractivity contribution in [2.75, 3.05) is 0 Å². The lowest BCUT2D eigenvalue weighted by Crippen LogP contribution is -2.00. The molecule has 3 aromatic heterocycles. The van der Waals surface area contributed by atoms with Crippen LogP contribution in [0.25, 0.3) is 104 Å². The van der Waals surface area contributed by atoms with Crippen LogP contribution in [-0.2, 0) is 0 Å². The standard InChI is InChI=1S/C49H31N3OS/c1-3-11-30(12-4-1)33-23-21-31-22-24-35(28-36(31)27-33)48-50-47(32-13-5-2-6-14-32)51-49(52-48)41-18-10-19-42-45(41)40-26-25-34(29-43(40)53-42)37-16-9-17-39-38-15-7-8-20-44(38)54-46(37)39/h1-3,5-11,13-29H,4,12H2. The summed E-state index contributed by atoms with van der Waals surface area (Å²) in [7, 11) is 0. The average Bonchev–Trinajstić information content (AvgIpc) is 3.82. The van der Waals surface area contributed by atoms with E-state index in [0.29, 0.717) is 17.5 Å². The summed E-state index contributed by atoms with van der Waals surface area (Å²) in [5, 5.41) is 6.95. The molecule has 0 bridgehead atoms. The van der Waals surface area contributed by atoms with Gasteiger partial charge in [0.1, 0.15) is 11.2 Å². The smallest absolute Gasteiger partial charge is 0.164 e. The third-order valence-corrected chi connectivity index (χ3v) is 11.8. The van der Waals surface area contributed by atoms with Crippen molar-refractivity contribution >= 4 is 69.8 Å². The van der Waals surface area contributed by atoms with Gasteiger partial charge in [-0.2, -0.15) is 0 Å². The van der Waals surface area contributed by atoms with Gasteiger partial charge < -0.3 is 4.42 Å². The molecular weight excluding hydrogens is 679 g/mol. The van der Waals surface area contributed by atoms with Crippen LogP contribution in [0.1, 0.15) is 18.4 Å². The van der Waals surface area contributed by atoms with E-state index < -0.39 is 0 Å². The summed E-state index contributed by atoms with van der Waals surface area (Å²) in [6.45, 7) is 0. The van der Waals surface area contributed by atoms with Gasteiger partial charge in [0.2, 0.25) is 0 Å². The van der Waals surface area contributed by atoms with Gasteiger partial charge in [0.25, 0.3) is 0 Å². The Morgan fingerprint density at radius 1 is 0.500 bits per heavy atom. The van der Waals surface area contributed by atoms with Gasteiger partial charge in [-0.15, -0.1) is 11.3 Å². The molecule has 0 amide bonds. The van der Waals surface area contributed by atoms with Crippen molar-refractivity contribution in [2.45, 2.75) is 12.8 Å². The largest absolute Gasteiger partial charge is 0.456 e. The number of rotatable bonds is 5. The molecular formula is C49H31N3OS. The molecule has 11 rings (SSSR count). The first-order chi connectivity index (χ1) is 26.7. The van der Waals surface area contributed by atoms with Crippen LogP contribution in [0.5, 0.6) is 0 Å². The first-order valence-corrected chi connectivity index (χ1v) is 19.1. The number of benzene rings is 7. The SMILES string of the molecule is C1=CCCC(c2ccc3ccc(-c4nc(-c5ccccc5)nc(-c5cccc6oc7cc(-c8cccc9c8sc8ccccc89)ccc7c56)n4)cc3c2)=C1.